The zero-order chi connectivity index (χ0) is 18.1. The number of carbonyl (C=O) groups is 1. The minimum Gasteiger partial charge on any atom is -0.397 e. The Balaban J connectivity index is 1.57. The average Bonchev–Trinajstić information content (AvgIpc) is 3.47. The summed E-state index contributed by atoms with van der Waals surface area (Å²) < 4.78 is 0. The number of anilines is 3. The third-order valence-corrected chi connectivity index (χ3v) is 5.00. The van der Waals surface area contributed by atoms with Gasteiger partial charge in [-0.3, -0.25) is 9.78 Å². The summed E-state index contributed by atoms with van der Waals surface area (Å²) in [6, 6.07) is 5.73. The number of carbonyl (C=O) groups excluding carboxylic acids is 1. The zero-order valence-electron chi connectivity index (χ0n) is 14.7. The molecule has 2 fully saturated rings. The highest BCUT2D eigenvalue weighted by molar-refractivity contribution is 6.07. The van der Waals surface area contributed by atoms with Gasteiger partial charge in [0.2, 0.25) is 0 Å². The van der Waals surface area contributed by atoms with E-state index in [0.29, 0.717) is 17.3 Å². The van der Waals surface area contributed by atoms with Crippen LogP contribution in [0.15, 0.2) is 30.6 Å². The number of amides is 1. The van der Waals surface area contributed by atoms with Crippen LogP contribution in [0.5, 0.6) is 0 Å². The van der Waals surface area contributed by atoms with Gasteiger partial charge in [0.05, 0.1) is 23.3 Å². The van der Waals surface area contributed by atoms with Gasteiger partial charge >= 0.3 is 0 Å². The van der Waals surface area contributed by atoms with Crippen LogP contribution in [0.25, 0.3) is 0 Å². The number of piperidine rings is 1. The Morgan fingerprint density at radius 1 is 1.23 bits per heavy atom. The van der Waals surface area contributed by atoms with Gasteiger partial charge in [0.1, 0.15) is 0 Å². The van der Waals surface area contributed by atoms with E-state index in [9.17, 15) is 4.79 Å². The summed E-state index contributed by atoms with van der Waals surface area (Å²) >= 11 is 0. The molecule has 7 nitrogen and oxygen atoms in total. The van der Waals surface area contributed by atoms with Gasteiger partial charge in [0, 0.05) is 36.9 Å². The lowest BCUT2D eigenvalue weighted by Crippen LogP contribution is -2.43. The van der Waals surface area contributed by atoms with Crippen molar-refractivity contribution in [1.29, 1.82) is 0 Å². The smallest absolute Gasteiger partial charge is 0.276 e. The van der Waals surface area contributed by atoms with Crippen molar-refractivity contribution in [3.63, 3.8) is 0 Å². The molecule has 136 valence electrons. The van der Waals surface area contributed by atoms with Crippen LogP contribution < -0.4 is 21.7 Å². The summed E-state index contributed by atoms with van der Waals surface area (Å²) in [5, 5.41) is 2.94. The van der Waals surface area contributed by atoms with E-state index in [0.717, 1.165) is 50.2 Å². The number of pyridine rings is 2. The molecule has 1 amide bonds. The van der Waals surface area contributed by atoms with Crippen LogP contribution in [-0.2, 0) is 0 Å². The summed E-state index contributed by atoms with van der Waals surface area (Å²) in [5.41, 5.74) is 15.3. The number of hydrogen-bond acceptors (Lipinski definition) is 6. The van der Waals surface area contributed by atoms with E-state index in [-0.39, 0.29) is 17.6 Å². The lowest BCUT2D eigenvalue weighted by atomic mass is 10.1. The molecule has 1 atom stereocenters. The first-order valence-electron chi connectivity index (χ1n) is 9.14. The minimum atomic E-state index is -0.305. The number of nitrogens with one attached hydrogen (secondary N) is 1. The second-order valence-electron chi connectivity index (χ2n) is 7.14. The Morgan fingerprint density at radius 3 is 2.85 bits per heavy atom. The van der Waals surface area contributed by atoms with Gasteiger partial charge in [-0.1, -0.05) is 0 Å². The molecule has 1 aliphatic carbocycles. The highest BCUT2D eigenvalue weighted by Gasteiger charge is 2.27. The fraction of sp³-hybridized carbons (Fsp3) is 0.421. The Morgan fingerprint density at radius 2 is 2.08 bits per heavy atom. The van der Waals surface area contributed by atoms with Crippen molar-refractivity contribution in [2.24, 2.45) is 5.73 Å². The Hall–Kier alpha value is -2.67. The van der Waals surface area contributed by atoms with Crippen LogP contribution in [0.1, 0.15) is 47.8 Å². The standard InChI is InChI=1S/C19H24N6O/c20-13-2-1-9-25(11-13)17-7-8-22-10-16(17)24-19(26)18-14(21)5-6-15(23-18)12-3-4-12/h5-8,10,12-13H,1-4,9,11,20-21H2,(H,24,26)/t13-/m0/s1. The molecule has 5 N–H and O–H groups in total. The molecule has 2 aliphatic rings. The van der Waals surface area contributed by atoms with Crippen molar-refractivity contribution < 1.29 is 4.79 Å². The van der Waals surface area contributed by atoms with Crippen molar-refractivity contribution >= 4 is 23.0 Å². The topological polar surface area (TPSA) is 110 Å². The molecule has 3 heterocycles. The highest BCUT2D eigenvalue weighted by atomic mass is 16.1. The molecule has 0 radical (unpaired) electrons. The average molecular weight is 352 g/mol. The van der Waals surface area contributed by atoms with Crippen molar-refractivity contribution in [1.82, 2.24) is 9.97 Å². The van der Waals surface area contributed by atoms with E-state index in [4.69, 9.17) is 11.5 Å². The van der Waals surface area contributed by atoms with E-state index in [1.807, 2.05) is 12.1 Å². The molecule has 0 unspecified atom stereocenters. The first-order chi connectivity index (χ1) is 12.6. The summed E-state index contributed by atoms with van der Waals surface area (Å²) in [6.45, 7) is 1.68. The molecule has 7 heteroatoms. The van der Waals surface area contributed by atoms with E-state index < -0.39 is 0 Å². The first-order valence-corrected chi connectivity index (χ1v) is 9.14. The molecular weight excluding hydrogens is 328 g/mol. The van der Waals surface area contributed by atoms with Crippen LogP contribution in [0.4, 0.5) is 17.1 Å². The predicted octanol–water partition coefficient (Wildman–Crippen LogP) is 2.12. The maximum Gasteiger partial charge on any atom is 0.276 e. The third kappa shape index (κ3) is 3.48. The number of nitrogens with zero attached hydrogens (tertiary/aromatic N) is 3. The summed E-state index contributed by atoms with van der Waals surface area (Å²) in [7, 11) is 0. The van der Waals surface area contributed by atoms with Gasteiger partial charge in [-0.25, -0.2) is 4.98 Å². The molecule has 26 heavy (non-hydrogen) atoms. The molecule has 0 bridgehead atoms. The van der Waals surface area contributed by atoms with E-state index in [1.165, 1.54) is 0 Å². The van der Waals surface area contributed by atoms with Gasteiger partial charge in [-0.05, 0) is 43.9 Å². The number of hydrogen-bond donors (Lipinski definition) is 3. The van der Waals surface area contributed by atoms with Crippen LogP contribution in [0.2, 0.25) is 0 Å². The van der Waals surface area contributed by atoms with Crippen LogP contribution in [0.3, 0.4) is 0 Å². The van der Waals surface area contributed by atoms with E-state index >= 15 is 0 Å². The summed E-state index contributed by atoms with van der Waals surface area (Å²) in [6.07, 6.45) is 7.70. The Bertz CT molecular complexity index is 819. The molecule has 1 saturated heterocycles. The molecule has 2 aromatic rings. The van der Waals surface area contributed by atoms with E-state index in [2.05, 4.69) is 20.2 Å². The molecule has 4 rings (SSSR count). The van der Waals surface area contributed by atoms with Crippen molar-refractivity contribution in [2.45, 2.75) is 37.6 Å². The minimum absolute atomic E-state index is 0.146. The van der Waals surface area contributed by atoms with Crippen molar-refractivity contribution in [3.8, 4) is 0 Å². The fourth-order valence-corrected chi connectivity index (χ4v) is 3.44. The second-order valence-corrected chi connectivity index (χ2v) is 7.14. The van der Waals surface area contributed by atoms with Gasteiger partial charge < -0.3 is 21.7 Å². The first kappa shape index (κ1) is 16.8. The molecular formula is C19H24N6O. The van der Waals surface area contributed by atoms with Crippen LogP contribution in [0, 0.1) is 0 Å². The summed E-state index contributed by atoms with van der Waals surface area (Å²) in [5.74, 6) is 0.159. The lowest BCUT2D eigenvalue weighted by molar-refractivity contribution is 0.102. The molecule has 0 spiro atoms. The van der Waals surface area contributed by atoms with Crippen molar-refractivity contribution in [3.05, 3.63) is 42.0 Å². The monoisotopic (exact) mass is 352 g/mol. The zero-order valence-corrected chi connectivity index (χ0v) is 14.7. The van der Waals surface area contributed by atoms with Gasteiger partial charge in [-0.2, -0.15) is 0 Å². The van der Waals surface area contributed by atoms with Crippen LogP contribution in [-0.4, -0.2) is 35.0 Å². The number of rotatable bonds is 4. The fourth-order valence-electron chi connectivity index (χ4n) is 3.44. The maximum absolute atomic E-state index is 12.8. The van der Waals surface area contributed by atoms with Gasteiger partial charge in [0.25, 0.3) is 5.91 Å². The molecule has 0 aromatic carbocycles. The number of nitrogens with two attached hydrogens (primary N) is 2. The molecule has 2 aromatic heterocycles. The summed E-state index contributed by atoms with van der Waals surface area (Å²) in [4.78, 5) is 23.7. The number of aromatic nitrogens is 2. The van der Waals surface area contributed by atoms with Crippen LogP contribution >= 0.6 is 0 Å². The molecule has 1 saturated carbocycles. The second kappa shape index (κ2) is 6.92. The number of nitrogen functional groups attached to an aromatic ring is 1. The Labute approximate surface area is 152 Å². The predicted molar refractivity (Wildman–Crippen MR) is 102 cm³/mol. The highest BCUT2D eigenvalue weighted by Crippen LogP contribution is 2.39. The third-order valence-electron chi connectivity index (χ3n) is 5.00. The Kier molecular flexibility index (Phi) is 4.46. The quantitative estimate of drug-likeness (QED) is 0.777. The lowest BCUT2D eigenvalue weighted by Gasteiger charge is -2.33. The van der Waals surface area contributed by atoms with Crippen molar-refractivity contribution in [2.75, 3.05) is 29.0 Å². The normalized spacial score (nSPS) is 20.0. The largest absolute Gasteiger partial charge is 0.397 e. The van der Waals surface area contributed by atoms with Gasteiger partial charge in [-0.15, -0.1) is 0 Å². The van der Waals surface area contributed by atoms with Gasteiger partial charge in [0.15, 0.2) is 5.69 Å². The van der Waals surface area contributed by atoms with E-state index in [1.54, 1.807) is 18.5 Å². The SMILES string of the molecule is Nc1ccc(C2CC2)nc1C(=O)Nc1cnccc1N1CCC[C@H](N)C1. The maximum atomic E-state index is 12.8. The molecule has 1 aliphatic heterocycles.